The Morgan fingerprint density at radius 3 is 1.08 bits per heavy atom. The van der Waals surface area contributed by atoms with Crippen LogP contribution in [0, 0.1) is 13.8 Å². The maximum atomic E-state index is 5.49. The van der Waals surface area contributed by atoms with E-state index in [0.717, 1.165) is 33.9 Å². The number of anilines is 3. The molecule has 0 amide bonds. The van der Waals surface area contributed by atoms with E-state index in [1.165, 1.54) is 44.5 Å². The van der Waals surface area contributed by atoms with Crippen LogP contribution in [0.15, 0.2) is 182 Å². The summed E-state index contributed by atoms with van der Waals surface area (Å²) >= 11 is 0. The second-order valence-electron chi connectivity index (χ2n) is 12.8. The smallest absolute Gasteiger partial charge is 0.119 e. The van der Waals surface area contributed by atoms with Crippen molar-refractivity contribution in [2.24, 2.45) is 0 Å². The van der Waals surface area contributed by atoms with Crippen molar-refractivity contribution in [2.45, 2.75) is 13.8 Å². The van der Waals surface area contributed by atoms with Gasteiger partial charge in [0.05, 0.1) is 7.11 Å². The van der Waals surface area contributed by atoms with Gasteiger partial charge < -0.3 is 9.64 Å². The second kappa shape index (κ2) is 15.4. The highest BCUT2D eigenvalue weighted by molar-refractivity contribution is 5.93. The summed E-state index contributed by atoms with van der Waals surface area (Å²) in [7, 11) is 1.70. The summed E-state index contributed by atoms with van der Waals surface area (Å²) < 4.78 is 5.49. The first kappa shape index (κ1) is 33.1. The molecule has 0 saturated heterocycles. The summed E-state index contributed by atoms with van der Waals surface area (Å²) in [5, 5.41) is 0. The van der Waals surface area contributed by atoms with Gasteiger partial charge in [-0.1, -0.05) is 145 Å². The number of ether oxygens (including phenoxy) is 1. The second-order valence-corrected chi connectivity index (χ2v) is 12.8. The minimum Gasteiger partial charge on any atom is -0.497 e. The minimum absolute atomic E-state index is 0.828. The Hall–Kier alpha value is -6.38. The molecule has 0 N–H and O–H groups in total. The van der Waals surface area contributed by atoms with Gasteiger partial charge in [0.2, 0.25) is 0 Å². The van der Waals surface area contributed by atoms with Crippen molar-refractivity contribution in [3.63, 3.8) is 0 Å². The van der Waals surface area contributed by atoms with E-state index in [9.17, 15) is 0 Å². The van der Waals surface area contributed by atoms with Crippen LogP contribution in [-0.2, 0) is 0 Å². The van der Waals surface area contributed by atoms with Crippen molar-refractivity contribution in [2.75, 3.05) is 12.0 Å². The molecule has 0 aromatic heterocycles. The maximum Gasteiger partial charge on any atom is 0.119 e. The monoisotopic (exact) mass is 659 g/mol. The number of hydrogen-bond donors (Lipinski definition) is 0. The van der Waals surface area contributed by atoms with Crippen LogP contribution in [0.5, 0.6) is 5.75 Å². The highest BCUT2D eigenvalue weighted by Gasteiger charge is 2.14. The summed E-state index contributed by atoms with van der Waals surface area (Å²) in [4.78, 5) is 2.29. The van der Waals surface area contributed by atoms with Crippen molar-refractivity contribution in [1.82, 2.24) is 0 Å². The summed E-state index contributed by atoms with van der Waals surface area (Å²) in [6, 6.07) is 64.6. The number of rotatable bonds is 10. The van der Waals surface area contributed by atoms with Crippen LogP contribution >= 0.6 is 0 Å². The van der Waals surface area contributed by atoms with Crippen molar-refractivity contribution in [1.29, 1.82) is 0 Å². The van der Waals surface area contributed by atoms with Crippen LogP contribution in [0.1, 0.15) is 44.5 Å². The molecule has 0 fully saturated rings. The summed E-state index contributed by atoms with van der Waals surface area (Å²) in [6.07, 6.45) is 4.56. The molecular formula is C49H41NO. The molecule has 0 spiro atoms. The zero-order chi connectivity index (χ0) is 35.0. The molecule has 0 aliphatic rings. The Labute approximate surface area is 302 Å². The number of nitrogens with zero attached hydrogens (tertiary/aromatic N) is 1. The zero-order valence-corrected chi connectivity index (χ0v) is 29.3. The van der Waals surface area contributed by atoms with Crippen molar-refractivity contribution < 1.29 is 4.74 Å². The van der Waals surface area contributed by atoms with Crippen LogP contribution in [0.2, 0.25) is 0 Å². The predicted molar refractivity (Wildman–Crippen MR) is 217 cm³/mol. The molecule has 2 nitrogen and oxygen atoms in total. The lowest BCUT2D eigenvalue weighted by Gasteiger charge is -2.26. The predicted octanol–water partition coefficient (Wildman–Crippen LogP) is 13.0. The summed E-state index contributed by atoms with van der Waals surface area (Å²) in [5.41, 5.74) is 15.1. The van der Waals surface area contributed by atoms with Crippen molar-refractivity contribution in [3.8, 4) is 5.75 Å². The highest BCUT2D eigenvalue weighted by Crippen LogP contribution is 2.37. The van der Waals surface area contributed by atoms with Gasteiger partial charge in [-0.05, 0) is 119 Å². The maximum absolute atomic E-state index is 5.49. The molecule has 0 unspecified atom stereocenters. The number of aryl methyl sites for hydroxylation is 2. The van der Waals surface area contributed by atoms with Gasteiger partial charge in [0.1, 0.15) is 5.75 Å². The number of benzene rings is 7. The fraction of sp³-hybridized carbons (Fsp3) is 0.0612. The Kier molecular flexibility index (Phi) is 10.0. The van der Waals surface area contributed by atoms with Crippen LogP contribution in [-0.4, -0.2) is 7.11 Å². The third-order valence-electron chi connectivity index (χ3n) is 9.15. The first-order valence-corrected chi connectivity index (χ1v) is 17.4. The Morgan fingerprint density at radius 2 is 0.725 bits per heavy atom. The first-order valence-electron chi connectivity index (χ1n) is 17.4. The van der Waals surface area contributed by atoms with E-state index in [2.05, 4.69) is 201 Å². The fourth-order valence-corrected chi connectivity index (χ4v) is 6.32. The van der Waals surface area contributed by atoms with Gasteiger partial charge in [-0.15, -0.1) is 0 Å². The lowest BCUT2D eigenvalue weighted by molar-refractivity contribution is 0.415. The molecule has 0 radical (unpaired) electrons. The number of methoxy groups -OCH3 is 1. The van der Waals surface area contributed by atoms with Gasteiger partial charge in [0, 0.05) is 17.1 Å². The van der Waals surface area contributed by atoms with Crippen LogP contribution in [0.3, 0.4) is 0 Å². The van der Waals surface area contributed by atoms with Gasteiger partial charge in [-0.25, -0.2) is 0 Å². The first-order chi connectivity index (χ1) is 25.0. The van der Waals surface area contributed by atoms with Gasteiger partial charge in [0.15, 0.2) is 0 Å². The zero-order valence-electron chi connectivity index (χ0n) is 29.3. The molecule has 0 saturated carbocycles. The van der Waals surface area contributed by atoms with E-state index in [1.807, 2.05) is 12.1 Å². The van der Waals surface area contributed by atoms with Crippen LogP contribution in [0.4, 0.5) is 17.1 Å². The Morgan fingerprint density at radius 1 is 0.392 bits per heavy atom. The summed E-state index contributed by atoms with van der Waals surface area (Å²) in [5.74, 6) is 0.828. The van der Waals surface area contributed by atoms with Gasteiger partial charge >= 0.3 is 0 Å². The van der Waals surface area contributed by atoms with E-state index >= 15 is 0 Å². The molecule has 2 heteroatoms. The molecule has 7 aromatic carbocycles. The van der Waals surface area contributed by atoms with Crippen LogP contribution < -0.4 is 9.64 Å². The van der Waals surface area contributed by atoms with Crippen molar-refractivity contribution in [3.05, 3.63) is 226 Å². The molecule has 0 bridgehead atoms. The van der Waals surface area contributed by atoms with E-state index in [1.54, 1.807) is 7.11 Å². The normalized spacial score (nSPS) is 11.7. The molecule has 248 valence electrons. The van der Waals surface area contributed by atoms with Crippen molar-refractivity contribution >= 4 is 40.4 Å². The van der Waals surface area contributed by atoms with E-state index in [0.29, 0.717) is 0 Å². The molecular weight excluding hydrogens is 619 g/mol. The minimum atomic E-state index is 0.828. The van der Waals surface area contributed by atoms with Crippen LogP contribution in [0.25, 0.3) is 23.3 Å². The topological polar surface area (TPSA) is 12.5 Å². The molecule has 0 atom stereocenters. The number of hydrogen-bond acceptors (Lipinski definition) is 2. The van der Waals surface area contributed by atoms with Gasteiger partial charge in [-0.3, -0.25) is 0 Å². The Bertz CT molecular complexity index is 2090. The lowest BCUT2D eigenvalue weighted by Crippen LogP contribution is -2.09. The lowest BCUT2D eigenvalue weighted by atomic mass is 9.95. The summed E-state index contributed by atoms with van der Waals surface area (Å²) in [6.45, 7) is 4.25. The molecule has 51 heavy (non-hydrogen) atoms. The SMILES string of the molecule is COc1ccc(N(c2ccc(C=C(c3ccccc3)c3ccc(C)cc3)cc2)c2ccc(C=C(c3ccccc3)c3ccc(C)cc3)cc2)cc1. The van der Waals surface area contributed by atoms with E-state index < -0.39 is 0 Å². The van der Waals surface area contributed by atoms with E-state index in [-0.39, 0.29) is 0 Å². The average Bonchev–Trinajstić information content (AvgIpc) is 3.19. The third-order valence-corrected chi connectivity index (χ3v) is 9.15. The largest absolute Gasteiger partial charge is 0.497 e. The molecule has 0 aliphatic carbocycles. The molecule has 7 aromatic rings. The standard InChI is InChI=1S/C49H41NO/c1-36-14-22-42(23-15-36)48(40-10-6-4-7-11-40)34-38-18-26-44(27-19-38)50(46-30-32-47(51-3)33-31-46)45-28-20-39(21-29-45)35-49(41-12-8-5-9-13-41)43-24-16-37(2)17-25-43/h4-35H,1-3H3. The third kappa shape index (κ3) is 7.93. The highest BCUT2D eigenvalue weighted by atomic mass is 16.5. The van der Waals surface area contributed by atoms with E-state index in [4.69, 9.17) is 4.74 Å². The average molecular weight is 660 g/mol. The fourth-order valence-electron chi connectivity index (χ4n) is 6.32. The molecule has 0 aliphatic heterocycles. The molecule has 0 heterocycles. The van der Waals surface area contributed by atoms with Gasteiger partial charge in [0.25, 0.3) is 0 Å². The Balaban J connectivity index is 1.25. The quantitative estimate of drug-likeness (QED) is 0.136. The van der Waals surface area contributed by atoms with Gasteiger partial charge in [-0.2, -0.15) is 0 Å². The molecule has 7 rings (SSSR count).